The largest absolute Gasteiger partial charge is 0.480 e. The topological polar surface area (TPSA) is 75.6 Å². The third kappa shape index (κ3) is 8.93. The average molecular weight is 279 g/mol. The molecule has 0 saturated heterocycles. The van der Waals surface area contributed by atoms with Crippen molar-refractivity contribution in [3.8, 4) is 0 Å². The number of aliphatic carboxylic acids is 1. The number of carboxylic acids is 1. The Morgan fingerprint density at radius 1 is 1.53 bits per heavy atom. The van der Waals surface area contributed by atoms with E-state index >= 15 is 0 Å². The van der Waals surface area contributed by atoms with Crippen LogP contribution in [0.2, 0.25) is 0 Å². The van der Waals surface area contributed by atoms with Gasteiger partial charge in [-0.2, -0.15) is 11.8 Å². The lowest BCUT2D eigenvalue weighted by Crippen LogP contribution is -2.45. The van der Waals surface area contributed by atoms with Gasteiger partial charge in [0, 0.05) is 11.5 Å². The second-order valence-corrected chi connectivity index (χ2v) is 5.65. The molecule has 0 fully saturated rings. The fourth-order valence-electron chi connectivity index (χ4n) is 0.859. The van der Waals surface area contributed by atoms with E-state index in [1.54, 1.807) is 20.8 Å². The molecule has 0 radical (unpaired) electrons. The van der Waals surface area contributed by atoms with Gasteiger partial charge in [-0.15, -0.1) is 0 Å². The van der Waals surface area contributed by atoms with Crippen molar-refractivity contribution >= 4 is 41.4 Å². The van der Waals surface area contributed by atoms with Crippen LogP contribution in [0.25, 0.3) is 0 Å². The highest BCUT2D eigenvalue weighted by Crippen LogP contribution is 2.08. The maximum atomic E-state index is 11.4. The summed E-state index contributed by atoms with van der Waals surface area (Å²) in [6, 6.07) is -0.968. The van der Waals surface area contributed by atoms with Crippen molar-refractivity contribution in [1.82, 2.24) is 5.32 Å². The Kier molecular flexibility index (Phi) is 7.13. The number of nitrogens with one attached hydrogen (secondary N) is 1. The minimum absolute atomic E-state index is 0.252. The summed E-state index contributed by atoms with van der Waals surface area (Å²) < 4.78 is 4.97. The first-order valence-corrected chi connectivity index (χ1v) is 6.62. The molecule has 0 bridgehead atoms. The number of carboxylic acid groups (broad SMARTS) is 1. The fourth-order valence-corrected chi connectivity index (χ4v) is 1.84. The Labute approximate surface area is 110 Å². The van der Waals surface area contributed by atoms with Gasteiger partial charge in [-0.25, -0.2) is 9.59 Å². The molecule has 0 heterocycles. The summed E-state index contributed by atoms with van der Waals surface area (Å²) in [5, 5.41) is 12.7. The SMILES string of the molecule is CC(C)(C)OC(=O)N[C@@H](CSCC=S)C(=O)O. The van der Waals surface area contributed by atoms with Gasteiger partial charge in [-0.3, -0.25) is 0 Å². The van der Waals surface area contributed by atoms with E-state index < -0.39 is 23.7 Å². The van der Waals surface area contributed by atoms with Gasteiger partial charge < -0.3 is 15.2 Å². The zero-order chi connectivity index (χ0) is 13.5. The van der Waals surface area contributed by atoms with Crippen molar-refractivity contribution in [2.75, 3.05) is 11.5 Å². The first kappa shape index (κ1) is 16.2. The Hall–Kier alpha value is -0.820. The Bertz CT molecular complexity index is 289. The molecule has 0 rings (SSSR count). The molecule has 0 aliphatic rings. The molecule has 0 unspecified atom stereocenters. The summed E-state index contributed by atoms with van der Waals surface area (Å²) in [6.45, 7) is 5.13. The van der Waals surface area contributed by atoms with E-state index in [9.17, 15) is 9.59 Å². The maximum absolute atomic E-state index is 11.4. The van der Waals surface area contributed by atoms with Gasteiger partial charge in [0.1, 0.15) is 11.6 Å². The van der Waals surface area contributed by atoms with Gasteiger partial charge in [-0.05, 0) is 26.1 Å². The molecule has 0 aromatic carbocycles. The van der Waals surface area contributed by atoms with E-state index in [-0.39, 0.29) is 5.75 Å². The van der Waals surface area contributed by atoms with Crippen LogP contribution in [0, 0.1) is 0 Å². The lowest BCUT2D eigenvalue weighted by molar-refractivity contribution is -0.138. The molecule has 7 heteroatoms. The Morgan fingerprint density at radius 3 is 2.53 bits per heavy atom. The second-order valence-electron chi connectivity index (χ2n) is 4.24. The van der Waals surface area contributed by atoms with Crippen molar-refractivity contribution in [3.63, 3.8) is 0 Å². The van der Waals surface area contributed by atoms with Crippen LogP contribution in [-0.4, -0.2) is 45.7 Å². The number of carbonyl (C=O) groups excluding carboxylic acids is 1. The van der Waals surface area contributed by atoms with Gasteiger partial charge in [-0.1, -0.05) is 12.2 Å². The highest BCUT2D eigenvalue weighted by Gasteiger charge is 2.23. The summed E-state index contributed by atoms with van der Waals surface area (Å²) in [5.74, 6) is -0.274. The van der Waals surface area contributed by atoms with Gasteiger partial charge in [0.05, 0.1) is 0 Å². The van der Waals surface area contributed by atoms with Crippen LogP contribution in [0.5, 0.6) is 0 Å². The third-order valence-corrected chi connectivity index (χ3v) is 2.81. The highest BCUT2D eigenvalue weighted by atomic mass is 32.2. The molecule has 0 aliphatic heterocycles. The number of thiocarbonyl (C=S) groups is 1. The van der Waals surface area contributed by atoms with Crippen LogP contribution >= 0.6 is 24.0 Å². The molecule has 98 valence electrons. The molecule has 0 spiro atoms. The van der Waals surface area contributed by atoms with Crippen LogP contribution in [0.3, 0.4) is 0 Å². The third-order valence-electron chi connectivity index (χ3n) is 1.46. The smallest absolute Gasteiger partial charge is 0.408 e. The Morgan fingerprint density at radius 2 is 2.12 bits per heavy atom. The van der Waals surface area contributed by atoms with Crippen LogP contribution in [0.15, 0.2) is 0 Å². The highest BCUT2D eigenvalue weighted by molar-refractivity contribution is 8.00. The molecule has 17 heavy (non-hydrogen) atoms. The van der Waals surface area contributed by atoms with Crippen LogP contribution in [0.4, 0.5) is 4.79 Å². The van der Waals surface area contributed by atoms with E-state index in [4.69, 9.17) is 9.84 Å². The summed E-state index contributed by atoms with van der Waals surface area (Å²) in [4.78, 5) is 22.2. The summed E-state index contributed by atoms with van der Waals surface area (Å²) in [7, 11) is 0. The van der Waals surface area contributed by atoms with E-state index in [2.05, 4.69) is 17.5 Å². The van der Waals surface area contributed by atoms with Gasteiger partial charge in [0.25, 0.3) is 0 Å². The average Bonchev–Trinajstić information content (AvgIpc) is 2.13. The molecule has 1 atom stereocenters. The van der Waals surface area contributed by atoms with E-state index in [0.717, 1.165) is 0 Å². The fraction of sp³-hybridized carbons (Fsp3) is 0.700. The molecule has 0 saturated carbocycles. The number of thioether (sulfide) groups is 1. The molecule has 0 aromatic heterocycles. The summed E-state index contributed by atoms with van der Waals surface area (Å²) in [5.41, 5.74) is -0.644. The number of alkyl carbamates (subject to hydrolysis) is 1. The number of rotatable bonds is 6. The van der Waals surface area contributed by atoms with Crippen molar-refractivity contribution in [1.29, 1.82) is 0 Å². The van der Waals surface area contributed by atoms with Crippen molar-refractivity contribution in [2.45, 2.75) is 32.4 Å². The second kappa shape index (κ2) is 7.50. The van der Waals surface area contributed by atoms with Gasteiger partial charge >= 0.3 is 12.1 Å². The van der Waals surface area contributed by atoms with E-state index in [0.29, 0.717) is 5.75 Å². The zero-order valence-corrected chi connectivity index (χ0v) is 11.7. The first-order valence-electron chi connectivity index (χ1n) is 5.00. The van der Waals surface area contributed by atoms with Crippen molar-refractivity contribution in [2.24, 2.45) is 0 Å². The molecule has 1 amide bonds. The molecular weight excluding hydrogens is 262 g/mol. The standard InChI is InChI=1S/C10H17NO4S2/c1-10(2,3)15-9(14)11-7(8(12)13)6-17-5-4-16/h4,7H,5-6H2,1-3H3,(H,11,14)(H,12,13)/t7-/m0/s1. The quantitative estimate of drug-likeness (QED) is 0.569. The summed E-state index contributed by atoms with van der Waals surface area (Å²) in [6.07, 6.45) is -0.729. The number of hydrogen-bond acceptors (Lipinski definition) is 5. The number of amides is 1. The van der Waals surface area contributed by atoms with Crippen LogP contribution in [-0.2, 0) is 9.53 Å². The lowest BCUT2D eigenvalue weighted by Gasteiger charge is -2.21. The minimum Gasteiger partial charge on any atom is -0.480 e. The molecule has 2 N–H and O–H groups in total. The zero-order valence-electron chi connectivity index (χ0n) is 10.1. The van der Waals surface area contributed by atoms with E-state index in [1.807, 2.05) is 0 Å². The number of carbonyl (C=O) groups is 2. The summed E-state index contributed by atoms with van der Waals surface area (Å²) >= 11 is 5.96. The predicted molar refractivity (Wildman–Crippen MR) is 71.8 cm³/mol. The van der Waals surface area contributed by atoms with Crippen molar-refractivity contribution < 1.29 is 19.4 Å². The van der Waals surface area contributed by atoms with Crippen LogP contribution in [0.1, 0.15) is 20.8 Å². The first-order chi connectivity index (χ1) is 7.76. The van der Waals surface area contributed by atoms with Crippen molar-refractivity contribution in [3.05, 3.63) is 0 Å². The Balaban J connectivity index is 4.20. The van der Waals surface area contributed by atoms with Gasteiger partial charge in [0.15, 0.2) is 0 Å². The normalized spacial score (nSPS) is 12.6. The van der Waals surface area contributed by atoms with E-state index in [1.165, 1.54) is 17.1 Å². The minimum atomic E-state index is -1.09. The predicted octanol–water partition coefficient (Wildman–Crippen LogP) is 1.70. The maximum Gasteiger partial charge on any atom is 0.408 e. The molecule has 0 aliphatic carbocycles. The number of hydrogen-bond donors (Lipinski definition) is 2. The molecule has 5 nitrogen and oxygen atoms in total. The van der Waals surface area contributed by atoms with Crippen LogP contribution < -0.4 is 5.32 Å². The number of ether oxygens (including phenoxy) is 1. The lowest BCUT2D eigenvalue weighted by atomic mass is 10.2. The molecular formula is C10H17NO4S2. The van der Waals surface area contributed by atoms with Gasteiger partial charge in [0.2, 0.25) is 0 Å². The monoisotopic (exact) mass is 279 g/mol. The molecule has 0 aromatic rings.